The number of aryl methyl sites for hydroxylation is 1. The molecule has 7 heteroatoms. The van der Waals surface area contributed by atoms with Crippen LogP contribution in [0, 0.1) is 26.2 Å². The number of sulfonamides is 1. The van der Waals surface area contributed by atoms with Crippen molar-refractivity contribution in [3.8, 4) is 12.3 Å². The number of rotatable bonds is 5. The summed E-state index contributed by atoms with van der Waals surface area (Å²) in [5, 5.41) is 0. The molecule has 0 amide bonds. The molecule has 0 spiro atoms. The fourth-order valence-electron chi connectivity index (χ4n) is 1.96. The minimum atomic E-state index is -3.85. The first-order valence-corrected chi connectivity index (χ1v) is 7.92. The molecule has 0 bridgehead atoms. The summed E-state index contributed by atoms with van der Waals surface area (Å²) in [5.41, 5.74) is -0.227. The first-order valence-electron chi connectivity index (χ1n) is 6.43. The molecule has 1 aromatic rings. The van der Waals surface area contributed by atoms with E-state index in [1.807, 2.05) is 0 Å². The Bertz CT molecular complexity index is 693. The summed E-state index contributed by atoms with van der Waals surface area (Å²) >= 11 is 0. The fraction of sp³-hybridized carbons (Fsp3) is 0.500. The molecule has 0 saturated carbocycles. The largest absolute Gasteiger partial charge is 0.461 e. The standard InChI is InChI=1S/C14H20N2O4S/c1-7-14(5,6)16-21(18,19)12-9(3)11(15-10(12)4)13(17)20-8-2/h1,15-16H,8H2,2-6H3. The van der Waals surface area contributed by atoms with Gasteiger partial charge in [-0.1, -0.05) is 5.92 Å². The first-order chi connectivity index (χ1) is 9.55. The molecule has 0 fully saturated rings. The van der Waals surface area contributed by atoms with Crippen LogP contribution in [0.2, 0.25) is 0 Å². The van der Waals surface area contributed by atoms with Crippen molar-refractivity contribution in [1.82, 2.24) is 9.71 Å². The number of esters is 1. The first kappa shape index (κ1) is 17.3. The second kappa shape index (κ2) is 5.92. The maximum Gasteiger partial charge on any atom is 0.355 e. The summed E-state index contributed by atoms with van der Waals surface area (Å²) in [6.07, 6.45) is 5.30. The third-order valence-corrected chi connectivity index (χ3v) is 4.80. The van der Waals surface area contributed by atoms with Gasteiger partial charge in [0.1, 0.15) is 10.6 Å². The van der Waals surface area contributed by atoms with E-state index in [1.54, 1.807) is 34.6 Å². The van der Waals surface area contributed by atoms with Gasteiger partial charge < -0.3 is 9.72 Å². The van der Waals surface area contributed by atoms with E-state index in [4.69, 9.17) is 11.2 Å². The number of aromatic nitrogens is 1. The summed E-state index contributed by atoms with van der Waals surface area (Å²) in [6.45, 7) is 8.17. The van der Waals surface area contributed by atoms with Crippen LogP contribution in [0.15, 0.2) is 4.90 Å². The second-order valence-electron chi connectivity index (χ2n) is 5.17. The van der Waals surface area contributed by atoms with Gasteiger partial charge in [-0.05, 0) is 34.6 Å². The number of terminal acetylenes is 1. The van der Waals surface area contributed by atoms with Crippen molar-refractivity contribution >= 4 is 16.0 Å². The Balaban J connectivity index is 3.33. The molecule has 0 aliphatic rings. The van der Waals surface area contributed by atoms with E-state index in [-0.39, 0.29) is 17.2 Å². The van der Waals surface area contributed by atoms with Crippen LogP contribution in [0.5, 0.6) is 0 Å². The normalized spacial score (nSPS) is 12.0. The predicted molar refractivity (Wildman–Crippen MR) is 79.5 cm³/mol. The minimum absolute atomic E-state index is 0.0221. The lowest BCUT2D eigenvalue weighted by Gasteiger charge is -2.19. The molecular formula is C14H20N2O4S. The van der Waals surface area contributed by atoms with Gasteiger partial charge in [-0.2, -0.15) is 4.72 Å². The number of aromatic amines is 1. The molecule has 21 heavy (non-hydrogen) atoms. The minimum Gasteiger partial charge on any atom is -0.461 e. The Kier molecular flexibility index (Phi) is 4.87. The molecule has 0 atom stereocenters. The van der Waals surface area contributed by atoms with Crippen molar-refractivity contribution < 1.29 is 17.9 Å². The van der Waals surface area contributed by atoms with Crippen LogP contribution < -0.4 is 4.72 Å². The lowest BCUT2D eigenvalue weighted by molar-refractivity contribution is 0.0519. The van der Waals surface area contributed by atoms with Gasteiger partial charge in [-0.3, -0.25) is 0 Å². The van der Waals surface area contributed by atoms with Crippen LogP contribution >= 0.6 is 0 Å². The van der Waals surface area contributed by atoms with Gasteiger partial charge in [-0.15, -0.1) is 6.42 Å². The van der Waals surface area contributed by atoms with Crippen molar-refractivity contribution in [3.05, 3.63) is 17.0 Å². The van der Waals surface area contributed by atoms with Gasteiger partial charge in [-0.25, -0.2) is 13.2 Å². The van der Waals surface area contributed by atoms with Gasteiger partial charge in [0.15, 0.2) is 0 Å². The Morgan fingerprint density at radius 1 is 1.43 bits per heavy atom. The number of ether oxygens (including phenoxy) is 1. The average Bonchev–Trinajstić information content (AvgIpc) is 2.64. The Morgan fingerprint density at radius 3 is 2.48 bits per heavy atom. The van der Waals surface area contributed by atoms with Gasteiger partial charge in [0.25, 0.3) is 0 Å². The number of hydrogen-bond acceptors (Lipinski definition) is 4. The molecule has 0 aliphatic heterocycles. The van der Waals surface area contributed by atoms with Crippen LogP contribution in [-0.2, 0) is 14.8 Å². The maximum absolute atomic E-state index is 12.5. The highest BCUT2D eigenvalue weighted by atomic mass is 32.2. The van der Waals surface area contributed by atoms with Crippen molar-refractivity contribution in [3.63, 3.8) is 0 Å². The third-order valence-electron chi connectivity index (χ3n) is 2.87. The van der Waals surface area contributed by atoms with Crippen molar-refractivity contribution in [2.75, 3.05) is 6.61 Å². The van der Waals surface area contributed by atoms with Gasteiger partial charge >= 0.3 is 5.97 Å². The summed E-state index contributed by atoms with van der Waals surface area (Å²) in [7, 11) is -3.85. The highest BCUT2D eigenvalue weighted by Crippen LogP contribution is 2.24. The van der Waals surface area contributed by atoms with Crippen molar-refractivity contribution in [2.45, 2.75) is 45.1 Å². The quantitative estimate of drug-likeness (QED) is 0.637. The molecule has 1 heterocycles. The van der Waals surface area contributed by atoms with Crippen molar-refractivity contribution in [2.24, 2.45) is 0 Å². The zero-order chi connectivity index (χ0) is 16.4. The molecule has 1 aromatic heterocycles. The third kappa shape index (κ3) is 3.65. The van der Waals surface area contributed by atoms with E-state index < -0.39 is 21.5 Å². The summed E-state index contributed by atoms with van der Waals surface area (Å²) in [6, 6.07) is 0. The predicted octanol–water partition coefficient (Wildman–Crippen LogP) is 1.50. The van der Waals surface area contributed by atoms with Crippen LogP contribution in [0.1, 0.15) is 42.5 Å². The summed E-state index contributed by atoms with van der Waals surface area (Å²) < 4.78 is 32.2. The summed E-state index contributed by atoms with van der Waals surface area (Å²) in [4.78, 5) is 14.6. The number of H-pyrrole nitrogens is 1. The van der Waals surface area contributed by atoms with E-state index in [0.29, 0.717) is 11.3 Å². The van der Waals surface area contributed by atoms with E-state index in [9.17, 15) is 13.2 Å². The van der Waals surface area contributed by atoms with Gasteiger partial charge in [0, 0.05) is 11.3 Å². The zero-order valence-electron chi connectivity index (χ0n) is 12.8. The lowest BCUT2D eigenvalue weighted by Crippen LogP contribution is -2.42. The van der Waals surface area contributed by atoms with Crippen LogP contribution in [0.25, 0.3) is 0 Å². The van der Waals surface area contributed by atoms with Crippen LogP contribution in [0.4, 0.5) is 0 Å². The Labute approximate surface area is 125 Å². The number of carbonyl (C=O) groups excluding carboxylic acids is 1. The molecule has 6 nitrogen and oxygen atoms in total. The molecule has 0 aliphatic carbocycles. The molecule has 0 unspecified atom stereocenters. The lowest BCUT2D eigenvalue weighted by atomic mass is 10.1. The smallest absolute Gasteiger partial charge is 0.355 e. The van der Waals surface area contributed by atoms with E-state index in [0.717, 1.165) is 0 Å². The molecule has 1 rings (SSSR count). The Hall–Kier alpha value is -1.78. The molecule has 0 saturated heterocycles. The highest BCUT2D eigenvalue weighted by Gasteiger charge is 2.31. The molecule has 2 N–H and O–H groups in total. The molecule has 0 aromatic carbocycles. The molecular weight excluding hydrogens is 292 g/mol. The fourth-order valence-corrected chi connectivity index (χ4v) is 3.75. The van der Waals surface area contributed by atoms with Crippen LogP contribution in [0.3, 0.4) is 0 Å². The van der Waals surface area contributed by atoms with Gasteiger partial charge in [0.05, 0.1) is 12.1 Å². The topological polar surface area (TPSA) is 88.3 Å². The number of hydrogen-bond donors (Lipinski definition) is 2. The Morgan fingerprint density at radius 2 is 2.00 bits per heavy atom. The maximum atomic E-state index is 12.5. The molecule has 0 radical (unpaired) electrons. The average molecular weight is 312 g/mol. The van der Waals surface area contributed by atoms with Crippen LogP contribution in [-0.4, -0.2) is 31.5 Å². The van der Waals surface area contributed by atoms with Gasteiger partial charge in [0.2, 0.25) is 10.0 Å². The zero-order valence-corrected chi connectivity index (χ0v) is 13.6. The van der Waals surface area contributed by atoms with E-state index >= 15 is 0 Å². The molecule has 116 valence electrons. The van der Waals surface area contributed by atoms with E-state index in [2.05, 4.69) is 15.6 Å². The van der Waals surface area contributed by atoms with Crippen molar-refractivity contribution in [1.29, 1.82) is 0 Å². The SMILES string of the molecule is C#CC(C)(C)NS(=O)(=O)c1c(C)[nH]c(C(=O)OCC)c1C. The monoisotopic (exact) mass is 312 g/mol. The number of nitrogens with one attached hydrogen (secondary N) is 2. The second-order valence-corrected chi connectivity index (χ2v) is 6.79. The van der Waals surface area contributed by atoms with E-state index in [1.165, 1.54) is 0 Å². The highest BCUT2D eigenvalue weighted by molar-refractivity contribution is 7.89. The summed E-state index contributed by atoms with van der Waals surface area (Å²) in [5.74, 6) is 1.78. The number of carbonyl (C=O) groups is 1.